The molecule has 0 bridgehead atoms. The van der Waals surface area contributed by atoms with Gasteiger partial charge in [0.1, 0.15) is 66.8 Å². The molecule has 3 rings (SSSR count). The van der Waals surface area contributed by atoms with Crippen molar-refractivity contribution in [2.24, 2.45) is 22.9 Å². The van der Waals surface area contributed by atoms with Crippen LogP contribution in [0.3, 0.4) is 0 Å². The van der Waals surface area contributed by atoms with Crippen molar-refractivity contribution in [2.45, 2.75) is 111 Å². The number of aliphatic hydroxyl groups excluding tert-OH is 7. The molecule has 1 amide bonds. The van der Waals surface area contributed by atoms with Crippen molar-refractivity contribution in [1.82, 2.24) is 5.32 Å². The van der Waals surface area contributed by atoms with Crippen molar-refractivity contribution in [1.29, 1.82) is 0 Å². The number of carbonyl (C=O) groups is 1. The molecule has 3 aliphatic rings. The maximum atomic E-state index is 12.6. The van der Waals surface area contributed by atoms with Crippen LogP contribution < -0.4 is 28.3 Å². The Bertz CT molecular complexity index is 828. The van der Waals surface area contributed by atoms with Gasteiger partial charge in [-0.25, -0.2) is 0 Å². The first-order valence-corrected chi connectivity index (χ1v) is 13.0. The summed E-state index contributed by atoms with van der Waals surface area (Å²) < 4.78 is 22.6. The first-order chi connectivity index (χ1) is 18.7. The topological polar surface area (TPSA) is 332 Å². The van der Waals surface area contributed by atoms with Crippen LogP contribution in [0, 0.1) is 0 Å². The molecule has 2 aliphatic heterocycles. The zero-order valence-electron chi connectivity index (χ0n) is 21.8. The molecule has 15 atom stereocenters. The molecule has 17 N–H and O–H groups in total. The number of rotatable bonds is 10. The van der Waals surface area contributed by atoms with Gasteiger partial charge < -0.3 is 88.1 Å². The van der Waals surface area contributed by atoms with Gasteiger partial charge in [0.2, 0.25) is 5.91 Å². The zero-order valence-corrected chi connectivity index (χ0v) is 21.8. The Hall–Kier alpha value is -1.17. The molecule has 40 heavy (non-hydrogen) atoms. The van der Waals surface area contributed by atoms with E-state index < -0.39 is 110 Å². The molecule has 2 heterocycles. The van der Waals surface area contributed by atoms with Crippen molar-refractivity contribution < 1.29 is 64.6 Å². The fourth-order valence-corrected chi connectivity index (χ4v) is 5.11. The smallest absolute Gasteiger partial charge is 0.249 e. The lowest BCUT2D eigenvalue weighted by atomic mass is 9.83. The van der Waals surface area contributed by atoms with E-state index >= 15 is 0 Å². The van der Waals surface area contributed by atoms with Crippen molar-refractivity contribution >= 4 is 5.91 Å². The first kappa shape index (κ1) is 33.3. The Morgan fingerprint density at radius 3 is 2.27 bits per heavy atom. The Balaban J connectivity index is 1.84. The van der Waals surface area contributed by atoms with Gasteiger partial charge in [0, 0.05) is 19.0 Å². The number of ether oxygens (including phenoxy) is 4. The van der Waals surface area contributed by atoms with E-state index in [2.05, 4.69) is 5.32 Å². The predicted octanol–water partition coefficient (Wildman–Crippen LogP) is -8.08. The Labute approximate surface area is 229 Å². The van der Waals surface area contributed by atoms with E-state index in [9.17, 15) is 45.6 Å². The second kappa shape index (κ2) is 13.9. The number of hydrogen-bond donors (Lipinski definition) is 13. The zero-order chi connectivity index (χ0) is 29.9. The predicted molar refractivity (Wildman–Crippen MR) is 131 cm³/mol. The van der Waals surface area contributed by atoms with Crippen LogP contribution in [-0.2, 0) is 23.7 Å². The molecule has 1 unspecified atom stereocenters. The Kier molecular flexibility index (Phi) is 11.6. The molecule has 18 nitrogen and oxygen atoms in total. The lowest BCUT2D eigenvalue weighted by Gasteiger charge is -2.49. The number of nitrogens with two attached hydrogens (primary N) is 4. The van der Waals surface area contributed by atoms with Crippen LogP contribution in [0.5, 0.6) is 0 Å². The first-order valence-electron chi connectivity index (χ1n) is 13.0. The van der Waals surface area contributed by atoms with E-state index in [0.29, 0.717) is 0 Å². The highest BCUT2D eigenvalue weighted by Gasteiger charge is 2.52. The maximum Gasteiger partial charge on any atom is 0.249 e. The third-order valence-corrected chi connectivity index (χ3v) is 7.45. The second-order valence-electron chi connectivity index (χ2n) is 10.5. The molecule has 234 valence electrons. The minimum absolute atomic E-state index is 0.0150. The van der Waals surface area contributed by atoms with Gasteiger partial charge in [-0.1, -0.05) is 0 Å². The van der Waals surface area contributed by atoms with Gasteiger partial charge in [0.05, 0.1) is 12.6 Å². The van der Waals surface area contributed by atoms with Crippen LogP contribution >= 0.6 is 0 Å². The summed E-state index contributed by atoms with van der Waals surface area (Å²) in [6, 6.07) is -2.10. The van der Waals surface area contributed by atoms with Gasteiger partial charge in [0.25, 0.3) is 0 Å². The summed E-state index contributed by atoms with van der Waals surface area (Å²) >= 11 is 0. The summed E-state index contributed by atoms with van der Waals surface area (Å²) in [6.45, 7) is -0.946. The number of hydrogen-bond acceptors (Lipinski definition) is 17. The fourth-order valence-electron chi connectivity index (χ4n) is 5.11. The average molecular weight is 586 g/mol. The summed E-state index contributed by atoms with van der Waals surface area (Å²) in [5.41, 5.74) is 20.7. The van der Waals surface area contributed by atoms with E-state index in [1.807, 2.05) is 0 Å². The molecular weight excluding hydrogens is 542 g/mol. The summed E-state index contributed by atoms with van der Waals surface area (Å²) in [5.74, 6) is -0.833. The lowest BCUT2D eigenvalue weighted by Crippen LogP contribution is -2.69. The van der Waals surface area contributed by atoms with Gasteiger partial charge in [-0.3, -0.25) is 4.79 Å². The van der Waals surface area contributed by atoms with Crippen molar-refractivity contribution in [3.63, 3.8) is 0 Å². The molecule has 1 aliphatic carbocycles. The number of amides is 1. The summed E-state index contributed by atoms with van der Waals surface area (Å²) in [5, 5.41) is 84.7. The molecular formula is C22H43N5O13. The van der Waals surface area contributed by atoms with Crippen LogP contribution in [0.25, 0.3) is 0 Å². The SMILES string of the molecule is NCC[C@H](O)C(=O)N[C@@H]1C[C@H](N)[C@@H](O[C@H]2O[C@H](CN)[C@@H](O)[C@H](O)[C@H]2O)[C@H](O)[C@H]1O[C@@H]1CC(N)(O)[C@H](O)[C@@H](CO)O1. The molecule has 0 aromatic carbocycles. The minimum atomic E-state index is -2.24. The van der Waals surface area contributed by atoms with Gasteiger partial charge >= 0.3 is 0 Å². The second-order valence-corrected chi connectivity index (χ2v) is 10.5. The summed E-state index contributed by atoms with van der Waals surface area (Å²) in [7, 11) is 0. The molecule has 3 fully saturated rings. The fraction of sp³-hybridized carbons (Fsp3) is 0.955. The van der Waals surface area contributed by atoms with Gasteiger partial charge in [-0.05, 0) is 19.4 Å². The van der Waals surface area contributed by atoms with Crippen molar-refractivity contribution in [3.8, 4) is 0 Å². The molecule has 0 spiro atoms. The lowest BCUT2D eigenvalue weighted by molar-refractivity contribution is -0.332. The Morgan fingerprint density at radius 1 is 1.00 bits per heavy atom. The van der Waals surface area contributed by atoms with Crippen LogP contribution in [0.15, 0.2) is 0 Å². The standard InChI is InChI=1S/C22H43N5O13/c23-2-1-9(29)20(35)27-8-3-7(25)17(40-21-15(32)14(31)13(30)10(5-24)38-21)16(33)18(8)39-12-4-22(26,36)19(34)11(6-28)37-12/h7-19,21,28-34,36H,1-6,23-26H2,(H,27,35)/t7-,8+,9-,10+,11+,12+,13+,14-,15+,16-,17+,18-,19+,21+,22?/m0/s1. The van der Waals surface area contributed by atoms with Gasteiger partial charge in [0.15, 0.2) is 12.6 Å². The van der Waals surface area contributed by atoms with Crippen LogP contribution in [0.1, 0.15) is 19.3 Å². The van der Waals surface area contributed by atoms with Gasteiger partial charge in [-0.2, -0.15) is 0 Å². The quantitative estimate of drug-likeness (QED) is 0.106. The minimum Gasteiger partial charge on any atom is -0.394 e. The molecule has 0 aromatic heterocycles. The molecule has 18 heteroatoms. The Morgan fingerprint density at radius 2 is 1.68 bits per heavy atom. The van der Waals surface area contributed by atoms with Crippen molar-refractivity contribution in [3.05, 3.63) is 0 Å². The summed E-state index contributed by atoms with van der Waals surface area (Å²) in [4.78, 5) is 12.6. The average Bonchev–Trinajstić information content (AvgIpc) is 2.90. The molecule has 0 radical (unpaired) electrons. The van der Waals surface area contributed by atoms with Crippen LogP contribution in [-0.4, -0.2) is 158 Å². The van der Waals surface area contributed by atoms with E-state index in [1.165, 1.54) is 0 Å². The number of carbonyl (C=O) groups excluding carboxylic acids is 1. The van der Waals surface area contributed by atoms with Crippen LogP contribution in [0.2, 0.25) is 0 Å². The van der Waals surface area contributed by atoms with Gasteiger partial charge in [-0.15, -0.1) is 0 Å². The molecule has 2 saturated heterocycles. The highest BCUT2D eigenvalue weighted by atomic mass is 16.7. The van der Waals surface area contributed by atoms with E-state index in [4.69, 9.17) is 41.9 Å². The highest BCUT2D eigenvalue weighted by molar-refractivity contribution is 5.80. The van der Waals surface area contributed by atoms with E-state index in [1.54, 1.807) is 0 Å². The van der Waals surface area contributed by atoms with E-state index in [-0.39, 0.29) is 25.9 Å². The maximum absolute atomic E-state index is 12.6. The molecule has 1 saturated carbocycles. The number of aliphatic hydroxyl groups is 8. The monoisotopic (exact) mass is 585 g/mol. The largest absolute Gasteiger partial charge is 0.394 e. The van der Waals surface area contributed by atoms with Crippen molar-refractivity contribution in [2.75, 3.05) is 19.7 Å². The summed E-state index contributed by atoms with van der Waals surface area (Å²) in [6.07, 6.45) is -18.7. The highest BCUT2D eigenvalue weighted by Crippen LogP contribution is 2.33. The third-order valence-electron chi connectivity index (χ3n) is 7.45. The van der Waals surface area contributed by atoms with Crippen LogP contribution in [0.4, 0.5) is 0 Å². The number of nitrogens with one attached hydrogen (secondary N) is 1. The normalized spacial score (nSPS) is 47.0. The van der Waals surface area contributed by atoms with E-state index in [0.717, 1.165) is 0 Å². The molecule has 0 aromatic rings. The third kappa shape index (κ3) is 7.24.